The van der Waals surface area contributed by atoms with Crippen LogP contribution >= 0.6 is 0 Å². The number of carbonyl (C=O) groups excluding carboxylic acids is 2. The average Bonchev–Trinajstić information content (AvgIpc) is 3.38. The van der Waals surface area contributed by atoms with Gasteiger partial charge in [0.05, 0.1) is 19.6 Å². The predicted octanol–water partition coefficient (Wildman–Crippen LogP) is 8.62. The highest BCUT2D eigenvalue weighted by atomic mass is 16.5. The Bertz CT molecular complexity index is 942. The molecule has 4 aliphatic rings. The van der Waals surface area contributed by atoms with Gasteiger partial charge >= 0.3 is 11.9 Å². The zero-order valence-electron chi connectivity index (χ0n) is 25.5. The minimum Gasteiger partial charge on any atom is -0.466 e. The van der Waals surface area contributed by atoms with Crippen LogP contribution in [0.15, 0.2) is 34.9 Å². The van der Waals surface area contributed by atoms with Gasteiger partial charge in [-0.05, 0) is 98.0 Å². The number of rotatable bonds is 7. The molecule has 7 atom stereocenters. The molecule has 4 nitrogen and oxygen atoms in total. The van der Waals surface area contributed by atoms with Crippen LogP contribution in [0.2, 0.25) is 0 Å². The second kappa shape index (κ2) is 13.0. The van der Waals surface area contributed by atoms with Gasteiger partial charge in [0, 0.05) is 6.08 Å². The second-order valence-corrected chi connectivity index (χ2v) is 13.0. The summed E-state index contributed by atoms with van der Waals surface area (Å²) in [4.78, 5) is 23.3. The van der Waals surface area contributed by atoms with E-state index in [9.17, 15) is 9.59 Å². The second-order valence-electron chi connectivity index (χ2n) is 13.0. The maximum Gasteiger partial charge on any atom is 0.331 e. The minimum absolute atomic E-state index is 0.0493. The fraction of sp³-hybridized carbons (Fsp3) is 0.765. The topological polar surface area (TPSA) is 52.6 Å². The molecule has 0 spiro atoms. The van der Waals surface area contributed by atoms with Crippen LogP contribution in [0.1, 0.15) is 113 Å². The smallest absolute Gasteiger partial charge is 0.331 e. The molecule has 0 saturated heterocycles. The molecule has 0 heterocycles. The lowest BCUT2D eigenvalue weighted by Crippen LogP contribution is -2.35. The molecular formula is C34H54O4. The number of carbonyl (C=O) groups is 2. The Balaban J connectivity index is 0.000000211. The highest BCUT2D eigenvalue weighted by Gasteiger charge is 2.47. The van der Waals surface area contributed by atoms with E-state index < -0.39 is 0 Å². The molecule has 38 heavy (non-hydrogen) atoms. The van der Waals surface area contributed by atoms with E-state index >= 15 is 0 Å². The number of hydrogen-bond acceptors (Lipinski definition) is 4. The van der Waals surface area contributed by atoms with Gasteiger partial charge in [-0.3, -0.25) is 4.79 Å². The molecule has 214 valence electrons. The van der Waals surface area contributed by atoms with Crippen molar-refractivity contribution in [1.82, 2.24) is 0 Å². The van der Waals surface area contributed by atoms with Crippen LogP contribution in [0.4, 0.5) is 0 Å². The Labute approximate surface area is 232 Å². The number of fused-ring (bicyclic) bond motifs is 2. The van der Waals surface area contributed by atoms with Crippen LogP contribution in [-0.2, 0) is 19.1 Å². The molecule has 0 unspecified atom stereocenters. The Morgan fingerprint density at radius 3 is 2.11 bits per heavy atom. The lowest BCUT2D eigenvalue weighted by Gasteiger charge is -2.44. The molecule has 2 saturated carbocycles. The molecule has 0 radical (unpaired) electrons. The average molecular weight is 527 g/mol. The van der Waals surface area contributed by atoms with Crippen LogP contribution in [-0.4, -0.2) is 25.2 Å². The molecule has 0 aliphatic heterocycles. The molecule has 4 heteroatoms. The fourth-order valence-corrected chi connectivity index (χ4v) is 8.65. The summed E-state index contributed by atoms with van der Waals surface area (Å²) in [6.07, 6.45) is 17.3. The van der Waals surface area contributed by atoms with Crippen LogP contribution in [0.5, 0.6) is 0 Å². The van der Waals surface area contributed by atoms with Crippen LogP contribution in [0.25, 0.3) is 0 Å². The highest BCUT2D eigenvalue weighted by molar-refractivity contribution is 5.83. The van der Waals surface area contributed by atoms with Gasteiger partial charge in [0.1, 0.15) is 0 Å². The third kappa shape index (κ3) is 6.48. The number of esters is 2. The zero-order chi connectivity index (χ0) is 28.1. The molecule has 0 N–H and O–H groups in total. The summed E-state index contributed by atoms with van der Waals surface area (Å²) >= 11 is 0. The Morgan fingerprint density at radius 2 is 1.50 bits per heavy atom. The molecule has 4 aliphatic carbocycles. The van der Waals surface area contributed by atoms with Crippen molar-refractivity contribution in [3.8, 4) is 0 Å². The van der Waals surface area contributed by atoms with Gasteiger partial charge in [0.15, 0.2) is 0 Å². The Hall–Kier alpha value is -1.84. The quantitative estimate of drug-likeness (QED) is 0.189. The van der Waals surface area contributed by atoms with E-state index in [4.69, 9.17) is 9.47 Å². The molecule has 0 aromatic heterocycles. The summed E-state index contributed by atoms with van der Waals surface area (Å²) in [7, 11) is 0. The van der Waals surface area contributed by atoms with Crippen molar-refractivity contribution in [3.63, 3.8) is 0 Å². The van der Waals surface area contributed by atoms with Crippen molar-refractivity contribution >= 4 is 11.9 Å². The molecule has 0 bridgehead atoms. The largest absolute Gasteiger partial charge is 0.466 e. The Morgan fingerprint density at radius 1 is 0.947 bits per heavy atom. The molecule has 0 aromatic rings. The van der Waals surface area contributed by atoms with E-state index in [-0.39, 0.29) is 17.4 Å². The lowest BCUT2D eigenvalue weighted by atomic mass is 9.60. The third-order valence-electron chi connectivity index (χ3n) is 10.5. The number of allylic oxidation sites excluding steroid dienone is 5. The van der Waals surface area contributed by atoms with Crippen molar-refractivity contribution in [3.05, 3.63) is 34.9 Å². The summed E-state index contributed by atoms with van der Waals surface area (Å²) in [5.74, 6) is 3.23. The maximum absolute atomic E-state index is 11.7. The highest BCUT2D eigenvalue weighted by Crippen LogP contribution is 2.57. The van der Waals surface area contributed by atoms with Crippen LogP contribution in [0, 0.1) is 40.4 Å². The van der Waals surface area contributed by atoms with Gasteiger partial charge in [0.2, 0.25) is 0 Å². The first kappa shape index (κ1) is 30.7. The van der Waals surface area contributed by atoms with Gasteiger partial charge in [-0.15, -0.1) is 0 Å². The van der Waals surface area contributed by atoms with Crippen molar-refractivity contribution < 1.29 is 19.1 Å². The number of ether oxygens (including phenoxy) is 2. The molecular weight excluding hydrogens is 472 g/mol. The van der Waals surface area contributed by atoms with Gasteiger partial charge in [-0.1, -0.05) is 78.0 Å². The van der Waals surface area contributed by atoms with E-state index in [1.165, 1.54) is 62.5 Å². The van der Waals surface area contributed by atoms with Crippen molar-refractivity contribution in [2.24, 2.45) is 40.4 Å². The van der Waals surface area contributed by atoms with Crippen molar-refractivity contribution in [2.45, 2.75) is 113 Å². The van der Waals surface area contributed by atoms with E-state index in [0.717, 1.165) is 29.2 Å². The van der Waals surface area contributed by atoms with Gasteiger partial charge < -0.3 is 9.47 Å². The van der Waals surface area contributed by atoms with Crippen LogP contribution < -0.4 is 0 Å². The van der Waals surface area contributed by atoms with Gasteiger partial charge in [0.25, 0.3) is 0 Å². The SMILES string of the molecule is CCOC(=O)/C=C(\C)C1=CC[C@H]2[C@H](C)CCC[C@]12C.CCOC(=O)C[C@@H](C)C1=CC[C@H]2[C@H](C)CCC[C@]12C. The summed E-state index contributed by atoms with van der Waals surface area (Å²) < 4.78 is 10.1. The molecule has 0 aromatic carbocycles. The van der Waals surface area contributed by atoms with E-state index in [2.05, 4.69) is 53.7 Å². The van der Waals surface area contributed by atoms with Gasteiger partial charge in [-0.2, -0.15) is 0 Å². The Kier molecular flexibility index (Phi) is 10.5. The van der Waals surface area contributed by atoms with Gasteiger partial charge in [-0.25, -0.2) is 4.79 Å². The van der Waals surface area contributed by atoms with E-state index in [1.54, 1.807) is 6.08 Å². The first-order valence-corrected chi connectivity index (χ1v) is 15.4. The number of hydrogen-bond donors (Lipinski definition) is 0. The summed E-state index contributed by atoms with van der Waals surface area (Å²) in [6.45, 7) is 18.5. The molecule has 0 amide bonds. The maximum atomic E-state index is 11.7. The standard InChI is InChI=1S/C17H28O2.C17H26O2/c2*1-5-19-16(18)11-13(3)15-9-8-14-12(2)7-6-10-17(14,15)4/h9,12-14H,5-8,10-11H2,1-4H3;9,11-12,14H,5-8,10H2,1-4H3/b;13-11+/t12-,13-,14+,17+;12-,14+,17+/m11/s1. The van der Waals surface area contributed by atoms with Crippen molar-refractivity contribution in [1.29, 1.82) is 0 Å². The summed E-state index contributed by atoms with van der Waals surface area (Å²) in [5.41, 5.74) is 4.61. The predicted molar refractivity (Wildman–Crippen MR) is 155 cm³/mol. The van der Waals surface area contributed by atoms with E-state index in [1.807, 2.05) is 13.8 Å². The van der Waals surface area contributed by atoms with E-state index in [0.29, 0.717) is 31.0 Å². The zero-order valence-corrected chi connectivity index (χ0v) is 25.5. The molecule has 4 rings (SSSR count). The fourth-order valence-electron chi connectivity index (χ4n) is 8.65. The van der Waals surface area contributed by atoms with Crippen molar-refractivity contribution in [2.75, 3.05) is 13.2 Å². The summed E-state index contributed by atoms with van der Waals surface area (Å²) in [6, 6.07) is 0. The third-order valence-corrected chi connectivity index (χ3v) is 10.5. The normalized spacial score (nSPS) is 35.1. The first-order chi connectivity index (χ1) is 18.0. The lowest BCUT2D eigenvalue weighted by molar-refractivity contribution is -0.144. The monoisotopic (exact) mass is 526 g/mol. The van der Waals surface area contributed by atoms with Crippen LogP contribution in [0.3, 0.4) is 0 Å². The summed E-state index contributed by atoms with van der Waals surface area (Å²) in [5, 5.41) is 0. The first-order valence-electron chi connectivity index (χ1n) is 15.4. The molecule has 2 fully saturated rings. The minimum atomic E-state index is -0.211.